The summed E-state index contributed by atoms with van der Waals surface area (Å²) >= 11 is 11.8. The van der Waals surface area contributed by atoms with Crippen molar-refractivity contribution in [2.24, 2.45) is 0 Å². The molecule has 0 radical (unpaired) electrons. The maximum atomic E-state index is 12.1. The second-order valence-corrected chi connectivity index (χ2v) is 7.19. The number of aromatic nitrogens is 4. The van der Waals surface area contributed by atoms with Crippen LogP contribution in [-0.2, 0) is 4.74 Å². The number of anilines is 1. The zero-order valence-electron chi connectivity index (χ0n) is 13.6. The molecule has 2 aromatic rings. The number of carbonyl (C=O) groups excluding carboxylic acids is 1. The lowest BCUT2D eigenvalue weighted by Crippen LogP contribution is -2.50. The van der Waals surface area contributed by atoms with Crippen LogP contribution in [-0.4, -0.2) is 62.7 Å². The summed E-state index contributed by atoms with van der Waals surface area (Å²) in [6, 6.07) is 0. The first kappa shape index (κ1) is 17.0. The first-order valence-electron chi connectivity index (χ1n) is 7.54. The van der Waals surface area contributed by atoms with Crippen molar-refractivity contribution in [3.05, 3.63) is 10.4 Å². The zero-order valence-corrected chi connectivity index (χ0v) is 15.1. The number of hydrogen-bond donors (Lipinski definition) is 1. The topological polar surface area (TPSA) is 87.2 Å². The molecule has 0 saturated carbocycles. The molecule has 3 heterocycles. The number of ether oxygens (including phenoxy) is 1. The molecule has 0 aromatic carbocycles. The number of carbonyl (C=O) groups is 1. The molecule has 0 spiro atoms. The third kappa shape index (κ3) is 3.64. The summed E-state index contributed by atoms with van der Waals surface area (Å²) in [7, 11) is 0. The number of hydrogen-bond acceptors (Lipinski definition) is 6. The molecule has 10 heteroatoms. The average molecular weight is 373 g/mol. The lowest BCUT2D eigenvalue weighted by molar-refractivity contribution is 0.0240. The van der Waals surface area contributed by atoms with Crippen LogP contribution in [0.1, 0.15) is 20.8 Å². The lowest BCUT2D eigenvalue weighted by atomic mass is 10.2. The minimum atomic E-state index is -0.498. The fourth-order valence-corrected chi connectivity index (χ4v) is 2.82. The van der Waals surface area contributed by atoms with Gasteiger partial charge in [-0.2, -0.15) is 9.97 Å². The van der Waals surface area contributed by atoms with Gasteiger partial charge >= 0.3 is 6.09 Å². The molecule has 1 aliphatic rings. The monoisotopic (exact) mass is 372 g/mol. The summed E-state index contributed by atoms with van der Waals surface area (Å²) in [6.07, 6.45) is -0.299. The minimum Gasteiger partial charge on any atom is -0.444 e. The molecule has 130 valence electrons. The van der Waals surface area contributed by atoms with Crippen LogP contribution in [0.2, 0.25) is 10.4 Å². The van der Waals surface area contributed by atoms with Crippen molar-refractivity contribution in [1.82, 2.24) is 24.8 Å². The van der Waals surface area contributed by atoms with Gasteiger partial charge in [0.25, 0.3) is 0 Å². The molecular formula is C14H18Cl2N6O2. The number of halogens is 2. The Balaban J connectivity index is 1.69. The molecule has 1 N–H and O–H groups in total. The molecule has 24 heavy (non-hydrogen) atoms. The Morgan fingerprint density at radius 3 is 2.42 bits per heavy atom. The van der Waals surface area contributed by atoms with Crippen molar-refractivity contribution in [3.63, 3.8) is 0 Å². The molecule has 2 aromatic heterocycles. The highest BCUT2D eigenvalue weighted by molar-refractivity contribution is 6.35. The van der Waals surface area contributed by atoms with Crippen LogP contribution in [0.15, 0.2) is 0 Å². The Morgan fingerprint density at radius 2 is 1.79 bits per heavy atom. The Labute approximate surface area is 149 Å². The Morgan fingerprint density at radius 1 is 1.12 bits per heavy atom. The molecule has 0 atom stereocenters. The molecular weight excluding hydrogens is 355 g/mol. The number of rotatable bonds is 1. The van der Waals surface area contributed by atoms with Gasteiger partial charge in [-0.05, 0) is 32.4 Å². The van der Waals surface area contributed by atoms with E-state index >= 15 is 0 Å². The number of nitrogens with one attached hydrogen (secondary N) is 1. The van der Waals surface area contributed by atoms with E-state index in [0.29, 0.717) is 43.3 Å². The number of H-pyrrole nitrogens is 1. The van der Waals surface area contributed by atoms with Crippen LogP contribution >= 0.6 is 23.2 Å². The van der Waals surface area contributed by atoms with Gasteiger partial charge in [-0.1, -0.05) is 11.6 Å². The maximum Gasteiger partial charge on any atom is 0.410 e. The largest absolute Gasteiger partial charge is 0.444 e. The normalized spacial score (nSPS) is 15.9. The van der Waals surface area contributed by atoms with E-state index in [4.69, 9.17) is 27.9 Å². The van der Waals surface area contributed by atoms with Crippen molar-refractivity contribution in [2.45, 2.75) is 26.4 Å². The molecule has 3 rings (SSSR count). The second kappa shape index (κ2) is 6.25. The predicted molar refractivity (Wildman–Crippen MR) is 91.7 cm³/mol. The minimum absolute atomic E-state index is 0.0558. The fourth-order valence-electron chi connectivity index (χ4n) is 2.40. The first-order chi connectivity index (χ1) is 11.2. The van der Waals surface area contributed by atoms with E-state index < -0.39 is 5.60 Å². The Bertz CT molecular complexity index is 764. The molecule has 0 bridgehead atoms. The van der Waals surface area contributed by atoms with Crippen LogP contribution in [0.3, 0.4) is 0 Å². The quantitative estimate of drug-likeness (QED) is 0.611. The van der Waals surface area contributed by atoms with E-state index in [0.717, 1.165) is 0 Å². The van der Waals surface area contributed by atoms with E-state index in [1.165, 1.54) is 0 Å². The Kier molecular flexibility index (Phi) is 4.44. The van der Waals surface area contributed by atoms with Crippen molar-refractivity contribution in [1.29, 1.82) is 0 Å². The van der Waals surface area contributed by atoms with Gasteiger partial charge in [0, 0.05) is 26.2 Å². The molecule has 1 fully saturated rings. The van der Waals surface area contributed by atoms with E-state index in [-0.39, 0.29) is 16.5 Å². The van der Waals surface area contributed by atoms with Gasteiger partial charge in [-0.15, -0.1) is 0 Å². The molecule has 0 aliphatic carbocycles. The number of fused-ring (bicyclic) bond motifs is 1. The van der Waals surface area contributed by atoms with E-state index in [1.54, 1.807) is 4.90 Å². The average Bonchev–Trinajstić information content (AvgIpc) is 2.90. The fraction of sp³-hybridized carbons (Fsp3) is 0.571. The number of imidazole rings is 1. The van der Waals surface area contributed by atoms with Crippen molar-refractivity contribution in [3.8, 4) is 0 Å². The highest BCUT2D eigenvalue weighted by Gasteiger charge is 2.27. The standard InChI is InChI=1S/C14H18Cl2N6O2/c1-14(2,3)24-13(23)22-6-4-21(5-7-22)12-17-8-9(15)18-11(16)19-10(8)20-12/h4-7H2,1-3H3,(H,17,18,19,20). The summed E-state index contributed by atoms with van der Waals surface area (Å²) < 4.78 is 5.39. The summed E-state index contributed by atoms with van der Waals surface area (Å²) in [5.74, 6) is 0.632. The third-order valence-corrected chi connectivity index (χ3v) is 3.94. The number of aromatic amines is 1. The Hall–Kier alpha value is -1.80. The van der Waals surface area contributed by atoms with Crippen LogP contribution in [0.4, 0.5) is 10.7 Å². The summed E-state index contributed by atoms with van der Waals surface area (Å²) in [5.41, 5.74) is 0.469. The van der Waals surface area contributed by atoms with Crippen LogP contribution < -0.4 is 4.90 Å². The third-order valence-electron chi connectivity index (χ3n) is 3.50. The summed E-state index contributed by atoms with van der Waals surface area (Å²) in [6.45, 7) is 7.90. The maximum absolute atomic E-state index is 12.1. The van der Waals surface area contributed by atoms with Gasteiger partial charge in [0.15, 0.2) is 10.8 Å². The SMILES string of the molecule is CC(C)(C)OC(=O)N1CCN(c2nc3nc(Cl)nc(Cl)c3[nH]2)CC1. The predicted octanol–water partition coefficient (Wildman–Crippen LogP) is 2.72. The molecule has 8 nitrogen and oxygen atoms in total. The van der Waals surface area contributed by atoms with Crippen LogP contribution in [0.25, 0.3) is 11.2 Å². The first-order valence-corrected chi connectivity index (χ1v) is 8.30. The van der Waals surface area contributed by atoms with Gasteiger partial charge < -0.3 is 19.5 Å². The van der Waals surface area contributed by atoms with Crippen molar-refractivity contribution < 1.29 is 9.53 Å². The van der Waals surface area contributed by atoms with Gasteiger partial charge in [-0.3, -0.25) is 0 Å². The van der Waals surface area contributed by atoms with Crippen molar-refractivity contribution >= 4 is 46.4 Å². The highest BCUT2D eigenvalue weighted by atomic mass is 35.5. The van der Waals surface area contributed by atoms with Gasteiger partial charge in [-0.25, -0.2) is 9.78 Å². The van der Waals surface area contributed by atoms with Gasteiger partial charge in [0.2, 0.25) is 11.2 Å². The lowest BCUT2D eigenvalue weighted by Gasteiger charge is -2.35. The van der Waals surface area contributed by atoms with Crippen molar-refractivity contribution in [2.75, 3.05) is 31.1 Å². The summed E-state index contributed by atoms with van der Waals surface area (Å²) in [5, 5.41) is 0.288. The molecule has 1 aliphatic heterocycles. The molecule has 1 amide bonds. The van der Waals surface area contributed by atoms with E-state index in [9.17, 15) is 4.79 Å². The van der Waals surface area contributed by atoms with E-state index in [2.05, 4.69) is 19.9 Å². The van der Waals surface area contributed by atoms with E-state index in [1.807, 2.05) is 25.7 Å². The smallest absolute Gasteiger partial charge is 0.410 e. The zero-order chi connectivity index (χ0) is 17.5. The van der Waals surface area contributed by atoms with Crippen LogP contribution in [0.5, 0.6) is 0 Å². The highest BCUT2D eigenvalue weighted by Crippen LogP contribution is 2.24. The van der Waals surface area contributed by atoms with Crippen LogP contribution in [0, 0.1) is 0 Å². The number of amides is 1. The molecule has 0 unspecified atom stereocenters. The second-order valence-electron chi connectivity index (χ2n) is 6.50. The van der Waals surface area contributed by atoms with Gasteiger partial charge in [0.05, 0.1) is 0 Å². The van der Waals surface area contributed by atoms with Gasteiger partial charge in [0.1, 0.15) is 11.1 Å². The summed E-state index contributed by atoms with van der Waals surface area (Å²) in [4.78, 5) is 31.3. The number of piperazine rings is 1. The molecule has 1 saturated heterocycles. The number of nitrogens with zero attached hydrogens (tertiary/aromatic N) is 5.